The first-order chi connectivity index (χ1) is 10.9. The second-order valence-corrected chi connectivity index (χ2v) is 11.8. The van der Waals surface area contributed by atoms with Gasteiger partial charge in [-0.05, 0) is 78.9 Å². The summed E-state index contributed by atoms with van der Waals surface area (Å²) < 4.78 is 0. The van der Waals surface area contributed by atoms with Gasteiger partial charge in [-0.2, -0.15) is 0 Å². The van der Waals surface area contributed by atoms with Crippen LogP contribution in [-0.4, -0.2) is 9.65 Å². The van der Waals surface area contributed by atoms with Crippen LogP contribution in [0.5, 0.6) is 0 Å². The number of alkyl halides is 2. The fourth-order valence-electron chi connectivity index (χ4n) is 8.04. The predicted octanol–water partition coefficient (Wildman–Crippen LogP) is 7.19. The van der Waals surface area contributed by atoms with Gasteiger partial charge >= 0.3 is 0 Å². The van der Waals surface area contributed by atoms with Gasteiger partial charge in [0.1, 0.15) is 0 Å². The van der Waals surface area contributed by atoms with Crippen LogP contribution in [0.15, 0.2) is 0 Å². The molecule has 4 rings (SSSR count). The minimum Gasteiger partial charge on any atom is -0.0875 e. The first kappa shape index (κ1) is 17.4. The van der Waals surface area contributed by atoms with Crippen molar-refractivity contribution in [2.24, 2.45) is 40.4 Å². The molecule has 4 fully saturated rings. The van der Waals surface area contributed by atoms with Crippen LogP contribution in [0.25, 0.3) is 0 Å². The van der Waals surface area contributed by atoms with E-state index in [2.05, 4.69) is 52.6 Å². The van der Waals surface area contributed by atoms with Gasteiger partial charge in [-0.15, -0.1) is 0 Å². The van der Waals surface area contributed by atoms with Crippen molar-refractivity contribution in [1.82, 2.24) is 0 Å². The highest BCUT2D eigenvalue weighted by Crippen LogP contribution is 2.70. The standard InChI is InChI=1S/C21H34Br2/c1-4-13-9-11-16-15-10-8-14-7-5-6-12-20(14,2)17(15)18(22)19(23)21(13,16)3/h13-19H,4-12H2,1-3H3/t13-,14+,15+,16-,17+,18+,19+,20+,21+/m1/s1. The molecule has 0 amide bonds. The molecule has 4 saturated carbocycles. The van der Waals surface area contributed by atoms with Crippen molar-refractivity contribution in [2.45, 2.75) is 88.2 Å². The third-order valence-electron chi connectivity index (χ3n) is 9.25. The van der Waals surface area contributed by atoms with Crippen molar-refractivity contribution in [3.8, 4) is 0 Å². The van der Waals surface area contributed by atoms with Gasteiger partial charge in [0.05, 0.1) is 0 Å². The normalized spacial score (nSPS) is 59.1. The lowest BCUT2D eigenvalue weighted by Gasteiger charge is -2.63. The molecule has 0 aromatic rings. The monoisotopic (exact) mass is 444 g/mol. The third kappa shape index (κ3) is 2.25. The van der Waals surface area contributed by atoms with E-state index in [-0.39, 0.29) is 0 Å². The molecule has 0 bridgehead atoms. The van der Waals surface area contributed by atoms with Gasteiger partial charge in [-0.1, -0.05) is 71.9 Å². The van der Waals surface area contributed by atoms with E-state index in [1.807, 2.05) is 0 Å². The van der Waals surface area contributed by atoms with Crippen molar-refractivity contribution in [2.75, 3.05) is 0 Å². The van der Waals surface area contributed by atoms with E-state index in [9.17, 15) is 0 Å². The zero-order valence-electron chi connectivity index (χ0n) is 15.2. The number of hydrogen-bond acceptors (Lipinski definition) is 0. The fraction of sp³-hybridized carbons (Fsp3) is 1.00. The first-order valence-electron chi connectivity index (χ1n) is 10.2. The van der Waals surface area contributed by atoms with Crippen LogP contribution in [0.1, 0.15) is 78.6 Å². The van der Waals surface area contributed by atoms with E-state index in [0.717, 1.165) is 29.6 Å². The van der Waals surface area contributed by atoms with E-state index in [1.165, 1.54) is 57.8 Å². The van der Waals surface area contributed by atoms with Crippen LogP contribution in [0.3, 0.4) is 0 Å². The zero-order chi connectivity index (χ0) is 16.4. The molecule has 4 aliphatic rings. The van der Waals surface area contributed by atoms with Crippen molar-refractivity contribution >= 4 is 31.9 Å². The predicted molar refractivity (Wildman–Crippen MR) is 106 cm³/mol. The molecule has 0 aromatic carbocycles. The maximum atomic E-state index is 4.27. The maximum Gasteiger partial charge on any atom is 0.0333 e. The molecule has 0 radical (unpaired) electrons. The first-order valence-corrected chi connectivity index (χ1v) is 12.1. The Kier molecular flexibility index (Phi) is 4.53. The van der Waals surface area contributed by atoms with Crippen LogP contribution < -0.4 is 0 Å². The molecule has 0 unspecified atom stereocenters. The number of halogens is 2. The number of hydrogen-bond donors (Lipinski definition) is 0. The van der Waals surface area contributed by atoms with Crippen LogP contribution >= 0.6 is 31.9 Å². The maximum absolute atomic E-state index is 4.27. The summed E-state index contributed by atoms with van der Waals surface area (Å²) in [4.78, 5) is 1.33. The molecule has 0 spiro atoms. The van der Waals surface area contributed by atoms with Crippen molar-refractivity contribution < 1.29 is 0 Å². The highest BCUT2D eigenvalue weighted by molar-refractivity contribution is 9.12. The highest BCUT2D eigenvalue weighted by Gasteiger charge is 2.65. The van der Waals surface area contributed by atoms with Gasteiger partial charge < -0.3 is 0 Å². The lowest BCUT2D eigenvalue weighted by molar-refractivity contribution is -0.101. The van der Waals surface area contributed by atoms with E-state index < -0.39 is 0 Å². The van der Waals surface area contributed by atoms with Gasteiger partial charge in [-0.3, -0.25) is 0 Å². The summed E-state index contributed by atoms with van der Waals surface area (Å²) in [7, 11) is 0. The lowest BCUT2D eigenvalue weighted by atomic mass is 9.44. The fourth-order valence-corrected chi connectivity index (χ4v) is 10.6. The molecule has 2 heteroatoms. The van der Waals surface area contributed by atoms with Gasteiger partial charge in [0, 0.05) is 9.65 Å². The summed E-state index contributed by atoms with van der Waals surface area (Å²) in [6, 6.07) is 0. The summed E-state index contributed by atoms with van der Waals surface area (Å²) in [5, 5.41) is 0. The molecule has 0 aromatic heterocycles. The molecule has 0 aliphatic heterocycles. The van der Waals surface area contributed by atoms with Crippen LogP contribution in [0.4, 0.5) is 0 Å². The molecule has 0 saturated heterocycles. The largest absolute Gasteiger partial charge is 0.0875 e. The Morgan fingerprint density at radius 1 is 0.957 bits per heavy atom. The van der Waals surface area contributed by atoms with Crippen molar-refractivity contribution in [3.63, 3.8) is 0 Å². The minimum atomic E-state index is 0.516. The highest BCUT2D eigenvalue weighted by atomic mass is 79.9. The van der Waals surface area contributed by atoms with Crippen LogP contribution in [-0.2, 0) is 0 Å². The quantitative estimate of drug-likeness (QED) is 0.374. The Balaban J connectivity index is 1.73. The topological polar surface area (TPSA) is 0 Å². The molecular formula is C21H34Br2. The number of fused-ring (bicyclic) bond motifs is 5. The minimum absolute atomic E-state index is 0.516. The summed E-state index contributed by atoms with van der Waals surface area (Å²) >= 11 is 8.53. The summed E-state index contributed by atoms with van der Waals surface area (Å²) in [6.07, 6.45) is 13.3. The van der Waals surface area contributed by atoms with E-state index in [1.54, 1.807) is 0 Å². The summed E-state index contributed by atoms with van der Waals surface area (Å²) in [6.45, 7) is 7.74. The average molecular weight is 446 g/mol. The Morgan fingerprint density at radius 2 is 1.74 bits per heavy atom. The molecule has 23 heavy (non-hydrogen) atoms. The molecule has 4 aliphatic carbocycles. The molecule has 0 heterocycles. The molecule has 0 N–H and O–H groups in total. The van der Waals surface area contributed by atoms with Gasteiger partial charge in [0.25, 0.3) is 0 Å². The van der Waals surface area contributed by atoms with Crippen molar-refractivity contribution in [3.05, 3.63) is 0 Å². The SMILES string of the molecule is CC[C@@H]1CC[C@@H]2[C@@H]3CC[C@@H]4CCCC[C@]4(C)[C@@H]3[C@H](Br)[C@H](Br)[C@@]12C. The Hall–Kier alpha value is 0.960. The second-order valence-electron chi connectivity index (χ2n) is 9.72. The van der Waals surface area contributed by atoms with Crippen molar-refractivity contribution in [1.29, 1.82) is 0 Å². The zero-order valence-corrected chi connectivity index (χ0v) is 18.3. The number of rotatable bonds is 1. The summed E-state index contributed by atoms with van der Waals surface area (Å²) in [5.41, 5.74) is 1.12. The molecule has 132 valence electrons. The summed E-state index contributed by atoms with van der Waals surface area (Å²) in [5.74, 6) is 4.78. The Morgan fingerprint density at radius 3 is 2.48 bits per heavy atom. The third-order valence-corrected chi connectivity index (χ3v) is 12.6. The van der Waals surface area contributed by atoms with Gasteiger partial charge in [0.2, 0.25) is 0 Å². The van der Waals surface area contributed by atoms with Crippen LogP contribution in [0, 0.1) is 40.4 Å². The Bertz CT molecular complexity index is 463. The second kappa shape index (κ2) is 6.00. The van der Waals surface area contributed by atoms with E-state index in [0.29, 0.717) is 20.5 Å². The smallest absolute Gasteiger partial charge is 0.0333 e. The Labute approximate surface area is 160 Å². The van der Waals surface area contributed by atoms with Gasteiger partial charge in [-0.25, -0.2) is 0 Å². The molecule has 9 atom stereocenters. The van der Waals surface area contributed by atoms with Crippen LogP contribution in [0.2, 0.25) is 0 Å². The van der Waals surface area contributed by atoms with E-state index in [4.69, 9.17) is 0 Å². The molecular weight excluding hydrogens is 412 g/mol. The lowest BCUT2D eigenvalue weighted by Crippen LogP contribution is -2.61. The molecule has 0 nitrogen and oxygen atoms in total. The van der Waals surface area contributed by atoms with E-state index >= 15 is 0 Å². The van der Waals surface area contributed by atoms with Gasteiger partial charge in [0.15, 0.2) is 0 Å². The average Bonchev–Trinajstić information content (AvgIpc) is 2.89.